The van der Waals surface area contributed by atoms with Crippen LogP contribution in [0.15, 0.2) is 4.99 Å². The zero-order chi connectivity index (χ0) is 8.04. The van der Waals surface area contributed by atoms with Gasteiger partial charge >= 0.3 is 8.56 Å². The Morgan fingerprint density at radius 1 is 1.50 bits per heavy atom. The van der Waals surface area contributed by atoms with Gasteiger partial charge in [-0.15, -0.1) is 0 Å². The molecule has 0 amide bonds. The molecule has 0 aliphatic carbocycles. The van der Waals surface area contributed by atoms with Gasteiger partial charge in [-0.25, -0.2) is 4.99 Å². The van der Waals surface area contributed by atoms with Gasteiger partial charge in [-0.2, -0.15) is 0 Å². The zero-order valence-electron chi connectivity index (χ0n) is 6.38. The van der Waals surface area contributed by atoms with E-state index in [1.807, 2.05) is 6.55 Å². The second kappa shape index (κ2) is 4.71. The molecule has 5 heteroatoms. The van der Waals surface area contributed by atoms with Gasteiger partial charge < -0.3 is 8.85 Å². The number of aliphatic imine (C=N–C) groups is 1. The molecule has 0 saturated heterocycles. The molecule has 58 valence electrons. The fraction of sp³-hybridized carbons (Fsp3) is 0.800. The second-order valence-electron chi connectivity index (χ2n) is 1.95. The van der Waals surface area contributed by atoms with Crippen molar-refractivity contribution in [1.29, 1.82) is 0 Å². The molecular formula is C5H11NO2SSi. The number of hydrogen-bond donors (Lipinski definition) is 0. The highest BCUT2D eigenvalue weighted by Crippen LogP contribution is 2.03. The Kier molecular flexibility index (Phi) is 4.68. The van der Waals surface area contributed by atoms with Crippen LogP contribution in [0.2, 0.25) is 6.55 Å². The zero-order valence-corrected chi connectivity index (χ0v) is 8.20. The lowest BCUT2D eigenvalue weighted by Crippen LogP contribution is -2.40. The number of nitrogens with zero attached hydrogens (tertiary/aromatic N) is 1. The van der Waals surface area contributed by atoms with E-state index in [9.17, 15) is 0 Å². The first kappa shape index (κ1) is 9.94. The van der Waals surface area contributed by atoms with Crippen LogP contribution in [-0.2, 0) is 8.85 Å². The fourth-order valence-electron chi connectivity index (χ4n) is 0.388. The SMILES string of the molecule is CO[Si](C)(CN=C=S)OC. The van der Waals surface area contributed by atoms with E-state index in [0.717, 1.165) is 0 Å². The molecule has 0 rings (SSSR count). The van der Waals surface area contributed by atoms with Crippen molar-refractivity contribution in [3.8, 4) is 0 Å². The van der Waals surface area contributed by atoms with Crippen LogP contribution in [0.4, 0.5) is 0 Å². The number of hydrogen-bond acceptors (Lipinski definition) is 4. The second-order valence-corrected chi connectivity index (χ2v) is 5.53. The van der Waals surface area contributed by atoms with E-state index in [4.69, 9.17) is 8.85 Å². The van der Waals surface area contributed by atoms with Crippen LogP contribution < -0.4 is 0 Å². The first-order valence-electron chi connectivity index (χ1n) is 2.82. The summed E-state index contributed by atoms with van der Waals surface area (Å²) in [6.45, 7) is 1.92. The van der Waals surface area contributed by atoms with Gasteiger partial charge in [0.25, 0.3) is 0 Å². The summed E-state index contributed by atoms with van der Waals surface area (Å²) in [6.07, 6.45) is 0.517. The van der Waals surface area contributed by atoms with Crippen LogP contribution in [0.1, 0.15) is 0 Å². The quantitative estimate of drug-likeness (QED) is 0.364. The molecule has 0 spiro atoms. The molecule has 0 saturated carbocycles. The van der Waals surface area contributed by atoms with Crippen molar-refractivity contribution in [3.05, 3.63) is 0 Å². The highest BCUT2D eigenvalue weighted by atomic mass is 32.1. The van der Waals surface area contributed by atoms with E-state index >= 15 is 0 Å². The van der Waals surface area contributed by atoms with Crippen LogP contribution in [0.5, 0.6) is 0 Å². The Bertz CT molecular complexity index is 143. The van der Waals surface area contributed by atoms with Gasteiger partial charge in [0.2, 0.25) is 0 Å². The maximum absolute atomic E-state index is 5.13. The maximum atomic E-state index is 5.13. The predicted octanol–water partition coefficient (Wildman–Crippen LogP) is 0.993. The summed E-state index contributed by atoms with van der Waals surface area (Å²) in [5.74, 6) is 0. The molecule has 0 radical (unpaired) electrons. The molecule has 3 nitrogen and oxygen atoms in total. The third-order valence-corrected chi connectivity index (χ3v) is 3.88. The molecular weight excluding hydrogens is 166 g/mol. The molecule has 0 aliphatic heterocycles. The van der Waals surface area contributed by atoms with E-state index in [2.05, 4.69) is 22.4 Å². The van der Waals surface area contributed by atoms with E-state index in [-0.39, 0.29) is 0 Å². The van der Waals surface area contributed by atoms with Gasteiger partial charge in [-0.3, -0.25) is 0 Å². The number of rotatable bonds is 4. The molecule has 0 aromatic carbocycles. The van der Waals surface area contributed by atoms with Crippen LogP contribution in [0.25, 0.3) is 0 Å². The van der Waals surface area contributed by atoms with Gasteiger partial charge in [0, 0.05) is 14.2 Å². The summed E-state index contributed by atoms with van der Waals surface area (Å²) in [4.78, 5) is 3.76. The minimum absolute atomic E-state index is 0.517. The van der Waals surface area contributed by atoms with Crippen LogP contribution >= 0.6 is 12.2 Å². The van der Waals surface area contributed by atoms with E-state index in [0.29, 0.717) is 6.17 Å². The molecule has 0 aromatic heterocycles. The van der Waals surface area contributed by atoms with Crippen molar-refractivity contribution >= 4 is 25.9 Å². The normalized spacial score (nSPS) is 10.7. The topological polar surface area (TPSA) is 30.8 Å². The highest BCUT2D eigenvalue weighted by molar-refractivity contribution is 7.78. The molecule has 10 heavy (non-hydrogen) atoms. The average molecular weight is 177 g/mol. The standard InChI is InChI=1S/C5H11NO2SSi/c1-7-10(3,8-2)5-6-4-9/h5H2,1-3H3. The molecule has 0 unspecified atom stereocenters. The largest absolute Gasteiger partial charge is 0.397 e. The first-order valence-corrected chi connectivity index (χ1v) is 5.75. The monoisotopic (exact) mass is 177 g/mol. The van der Waals surface area contributed by atoms with Crippen molar-refractivity contribution in [1.82, 2.24) is 0 Å². The number of isothiocyanates is 1. The summed E-state index contributed by atoms with van der Waals surface area (Å²) in [5, 5.41) is 2.28. The molecule has 0 fully saturated rings. The van der Waals surface area contributed by atoms with Crippen molar-refractivity contribution in [2.75, 3.05) is 20.4 Å². The van der Waals surface area contributed by atoms with Crippen LogP contribution in [-0.4, -0.2) is 34.1 Å². The Morgan fingerprint density at radius 2 is 2.00 bits per heavy atom. The summed E-state index contributed by atoms with van der Waals surface area (Å²) < 4.78 is 10.3. The minimum Gasteiger partial charge on any atom is -0.397 e. The lowest BCUT2D eigenvalue weighted by atomic mass is 11.4. The lowest BCUT2D eigenvalue weighted by Gasteiger charge is -2.19. The van der Waals surface area contributed by atoms with Gasteiger partial charge in [-0.05, 0) is 18.8 Å². The van der Waals surface area contributed by atoms with Crippen LogP contribution in [0, 0.1) is 0 Å². The fourth-order valence-corrected chi connectivity index (χ4v) is 1.36. The lowest BCUT2D eigenvalue weighted by molar-refractivity contribution is 0.251. The van der Waals surface area contributed by atoms with Gasteiger partial charge in [-0.1, -0.05) is 0 Å². The van der Waals surface area contributed by atoms with Crippen molar-refractivity contribution in [2.24, 2.45) is 4.99 Å². The van der Waals surface area contributed by atoms with Gasteiger partial charge in [0.1, 0.15) is 0 Å². The molecule has 0 aliphatic rings. The van der Waals surface area contributed by atoms with Gasteiger partial charge in [0.05, 0.1) is 11.3 Å². The van der Waals surface area contributed by atoms with E-state index < -0.39 is 8.56 Å². The van der Waals surface area contributed by atoms with Gasteiger partial charge in [0.15, 0.2) is 0 Å². The minimum atomic E-state index is -2.01. The van der Waals surface area contributed by atoms with E-state index in [1.54, 1.807) is 14.2 Å². The maximum Gasteiger partial charge on any atom is 0.357 e. The Hall–Kier alpha value is -0.0631. The predicted molar refractivity (Wildman–Crippen MR) is 45.5 cm³/mol. The summed E-state index contributed by atoms with van der Waals surface area (Å²) in [7, 11) is 1.23. The highest BCUT2D eigenvalue weighted by Gasteiger charge is 2.27. The smallest absolute Gasteiger partial charge is 0.357 e. The number of thiocarbonyl (C=S) groups is 1. The molecule has 0 bridgehead atoms. The summed E-state index contributed by atoms with van der Waals surface area (Å²) >= 11 is 4.41. The molecule has 0 aromatic rings. The third-order valence-electron chi connectivity index (χ3n) is 1.29. The molecule has 0 N–H and O–H groups in total. The Morgan fingerprint density at radius 3 is 2.30 bits per heavy atom. The van der Waals surface area contributed by atoms with E-state index in [1.165, 1.54) is 0 Å². The molecule has 0 heterocycles. The van der Waals surface area contributed by atoms with Crippen LogP contribution in [0.3, 0.4) is 0 Å². The third kappa shape index (κ3) is 3.19. The van der Waals surface area contributed by atoms with Crippen molar-refractivity contribution in [3.63, 3.8) is 0 Å². The first-order chi connectivity index (χ1) is 4.68. The summed E-state index contributed by atoms with van der Waals surface area (Å²) in [5.41, 5.74) is 0. The van der Waals surface area contributed by atoms with Crippen molar-refractivity contribution in [2.45, 2.75) is 6.55 Å². The molecule has 0 atom stereocenters. The Labute approximate surface area is 67.3 Å². The summed E-state index contributed by atoms with van der Waals surface area (Å²) in [6, 6.07) is 0. The Balaban J connectivity index is 3.92. The van der Waals surface area contributed by atoms with Crippen molar-refractivity contribution < 1.29 is 8.85 Å². The average Bonchev–Trinajstić information content (AvgIpc) is 2.00.